The average molecular weight is 214 g/mol. The predicted octanol–water partition coefficient (Wildman–Crippen LogP) is 0.358. The van der Waals surface area contributed by atoms with E-state index in [2.05, 4.69) is 31.0 Å². The van der Waals surface area contributed by atoms with Crippen molar-refractivity contribution in [2.75, 3.05) is 19.7 Å². The average Bonchev–Trinajstić information content (AvgIpc) is 2.26. The van der Waals surface area contributed by atoms with Gasteiger partial charge in [0.15, 0.2) is 0 Å². The van der Waals surface area contributed by atoms with Crippen LogP contribution >= 0.6 is 0 Å². The maximum atomic E-state index is 11.7. The predicted molar refractivity (Wildman–Crippen MR) is 59.6 cm³/mol. The van der Waals surface area contributed by atoms with Crippen LogP contribution in [0.2, 0.25) is 0 Å². The fourth-order valence-corrected chi connectivity index (χ4v) is 2.20. The molecule has 15 heavy (non-hydrogen) atoms. The molecule has 1 amide bonds. The fourth-order valence-electron chi connectivity index (χ4n) is 2.20. The van der Waals surface area contributed by atoms with Gasteiger partial charge in [-0.2, -0.15) is 0 Å². The van der Waals surface area contributed by atoms with E-state index in [1.165, 1.54) is 0 Å². The second kappa shape index (κ2) is 4.94. The molecule has 1 aliphatic heterocycles. The normalized spacial score (nSPS) is 27.2. The highest BCUT2D eigenvalue weighted by molar-refractivity contribution is 5.82. The van der Waals surface area contributed by atoms with E-state index in [9.17, 15) is 9.90 Å². The highest BCUT2D eigenvalue weighted by Crippen LogP contribution is 2.23. The third-order valence-electron chi connectivity index (χ3n) is 3.13. The molecular formula is C11H22N2O2. The Morgan fingerprint density at radius 3 is 2.80 bits per heavy atom. The van der Waals surface area contributed by atoms with E-state index in [4.69, 9.17) is 0 Å². The summed E-state index contributed by atoms with van der Waals surface area (Å²) >= 11 is 0. The van der Waals surface area contributed by atoms with Crippen molar-refractivity contribution in [1.82, 2.24) is 10.2 Å². The van der Waals surface area contributed by atoms with Crippen molar-refractivity contribution in [1.29, 1.82) is 0 Å². The number of aliphatic hydroxyl groups is 1. The quantitative estimate of drug-likeness (QED) is 0.713. The van der Waals surface area contributed by atoms with Gasteiger partial charge in [0.1, 0.15) is 6.04 Å². The molecule has 2 N–H and O–H groups in total. The van der Waals surface area contributed by atoms with E-state index in [1.807, 2.05) is 0 Å². The molecule has 0 bridgehead atoms. The highest BCUT2D eigenvalue weighted by Gasteiger charge is 2.37. The van der Waals surface area contributed by atoms with Gasteiger partial charge in [0.05, 0.1) is 6.61 Å². The molecule has 0 aromatic carbocycles. The molecule has 0 aliphatic carbocycles. The minimum atomic E-state index is -0.387. The lowest BCUT2D eigenvalue weighted by Crippen LogP contribution is -2.54. The molecule has 1 fully saturated rings. The van der Waals surface area contributed by atoms with Crippen molar-refractivity contribution in [3.63, 3.8) is 0 Å². The number of nitrogens with one attached hydrogen (secondary N) is 1. The van der Waals surface area contributed by atoms with E-state index < -0.39 is 0 Å². The lowest BCUT2D eigenvalue weighted by Gasteiger charge is -2.40. The summed E-state index contributed by atoms with van der Waals surface area (Å²) in [6, 6.07) is -0.387. The number of amides is 1. The van der Waals surface area contributed by atoms with Gasteiger partial charge < -0.3 is 10.4 Å². The summed E-state index contributed by atoms with van der Waals surface area (Å²) in [6.45, 7) is 7.80. The zero-order chi connectivity index (χ0) is 11.5. The van der Waals surface area contributed by atoms with Crippen LogP contribution in [0.5, 0.6) is 0 Å². The van der Waals surface area contributed by atoms with Crippen LogP contribution in [-0.4, -0.2) is 47.2 Å². The maximum Gasteiger partial charge on any atom is 0.239 e. The summed E-state index contributed by atoms with van der Waals surface area (Å²) < 4.78 is 0. The van der Waals surface area contributed by atoms with Crippen molar-refractivity contribution in [2.24, 2.45) is 0 Å². The van der Waals surface area contributed by atoms with Crippen LogP contribution in [0, 0.1) is 0 Å². The topological polar surface area (TPSA) is 52.6 Å². The van der Waals surface area contributed by atoms with Gasteiger partial charge >= 0.3 is 0 Å². The first-order valence-electron chi connectivity index (χ1n) is 5.68. The summed E-state index contributed by atoms with van der Waals surface area (Å²) in [7, 11) is 0. The number of rotatable bonds is 3. The molecule has 1 aliphatic rings. The molecule has 0 spiro atoms. The SMILES string of the molecule is CCCN1C(CO)C(=O)NCCC1(C)C. The Bertz CT molecular complexity index is 229. The van der Waals surface area contributed by atoms with E-state index in [-0.39, 0.29) is 24.1 Å². The molecule has 1 heterocycles. The van der Waals surface area contributed by atoms with E-state index in [0.717, 1.165) is 19.4 Å². The van der Waals surface area contributed by atoms with Crippen molar-refractivity contribution < 1.29 is 9.90 Å². The Morgan fingerprint density at radius 2 is 2.27 bits per heavy atom. The van der Waals surface area contributed by atoms with Crippen LogP contribution in [0.4, 0.5) is 0 Å². The lowest BCUT2D eigenvalue weighted by molar-refractivity contribution is -0.128. The Morgan fingerprint density at radius 1 is 1.60 bits per heavy atom. The Balaban J connectivity index is 2.89. The number of hydrogen-bond acceptors (Lipinski definition) is 3. The van der Waals surface area contributed by atoms with Crippen LogP contribution in [0.1, 0.15) is 33.6 Å². The van der Waals surface area contributed by atoms with Crippen LogP contribution in [0.3, 0.4) is 0 Å². The molecule has 0 aromatic rings. The smallest absolute Gasteiger partial charge is 0.239 e. The summed E-state index contributed by atoms with van der Waals surface area (Å²) in [5.74, 6) is -0.0449. The van der Waals surface area contributed by atoms with E-state index in [0.29, 0.717) is 6.54 Å². The van der Waals surface area contributed by atoms with Gasteiger partial charge in [-0.1, -0.05) is 6.92 Å². The second-order valence-corrected chi connectivity index (χ2v) is 4.75. The molecule has 1 atom stereocenters. The number of carbonyl (C=O) groups is 1. The van der Waals surface area contributed by atoms with Crippen molar-refractivity contribution in [3.05, 3.63) is 0 Å². The Kier molecular flexibility index (Phi) is 4.11. The zero-order valence-electron chi connectivity index (χ0n) is 9.92. The van der Waals surface area contributed by atoms with Gasteiger partial charge in [0.25, 0.3) is 0 Å². The van der Waals surface area contributed by atoms with Crippen molar-refractivity contribution >= 4 is 5.91 Å². The van der Waals surface area contributed by atoms with Gasteiger partial charge in [0.2, 0.25) is 5.91 Å². The molecule has 0 saturated carbocycles. The van der Waals surface area contributed by atoms with E-state index in [1.54, 1.807) is 0 Å². The van der Waals surface area contributed by atoms with Crippen LogP contribution in [0.25, 0.3) is 0 Å². The van der Waals surface area contributed by atoms with Gasteiger partial charge in [-0.3, -0.25) is 9.69 Å². The standard InChI is InChI=1S/C11H22N2O2/c1-4-7-13-9(8-14)10(15)12-6-5-11(13,2)3/h9,14H,4-8H2,1-3H3,(H,12,15). The van der Waals surface area contributed by atoms with Crippen molar-refractivity contribution in [2.45, 2.75) is 45.2 Å². The third-order valence-corrected chi connectivity index (χ3v) is 3.13. The largest absolute Gasteiger partial charge is 0.394 e. The van der Waals surface area contributed by atoms with Crippen LogP contribution in [0.15, 0.2) is 0 Å². The minimum absolute atomic E-state index is 0.0252. The number of carbonyl (C=O) groups excluding carboxylic acids is 1. The first-order valence-corrected chi connectivity index (χ1v) is 5.68. The second-order valence-electron chi connectivity index (χ2n) is 4.75. The first-order chi connectivity index (χ1) is 7.03. The molecule has 0 radical (unpaired) electrons. The molecule has 4 heteroatoms. The summed E-state index contributed by atoms with van der Waals surface area (Å²) in [4.78, 5) is 13.8. The van der Waals surface area contributed by atoms with Crippen LogP contribution < -0.4 is 5.32 Å². The third kappa shape index (κ3) is 2.69. The Hall–Kier alpha value is -0.610. The summed E-state index contributed by atoms with van der Waals surface area (Å²) in [5.41, 5.74) is -0.0252. The molecule has 1 saturated heterocycles. The molecule has 1 unspecified atom stereocenters. The molecular weight excluding hydrogens is 192 g/mol. The fraction of sp³-hybridized carbons (Fsp3) is 0.909. The number of nitrogens with zero attached hydrogens (tertiary/aromatic N) is 1. The van der Waals surface area contributed by atoms with Gasteiger partial charge in [0, 0.05) is 12.1 Å². The first kappa shape index (κ1) is 12.5. The van der Waals surface area contributed by atoms with Gasteiger partial charge in [-0.05, 0) is 33.2 Å². The molecule has 0 aromatic heterocycles. The van der Waals surface area contributed by atoms with Crippen LogP contribution in [-0.2, 0) is 4.79 Å². The lowest BCUT2D eigenvalue weighted by atomic mass is 9.96. The number of hydrogen-bond donors (Lipinski definition) is 2. The number of aliphatic hydroxyl groups excluding tert-OH is 1. The zero-order valence-corrected chi connectivity index (χ0v) is 9.92. The van der Waals surface area contributed by atoms with Gasteiger partial charge in [-0.15, -0.1) is 0 Å². The van der Waals surface area contributed by atoms with Gasteiger partial charge in [-0.25, -0.2) is 0 Å². The minimum Gasteiger partial charge on any atom is -0.394 e. The van der Waals surface area contributed by atoms with E-state index >= 15 is 0 Å². The maximum absolute atomic E-state index is 11.7. The summed E-state index contributed by atoms with van der Waals surface area (Å²) in [5, 5.41) is 12.2. The molecule has 1 rings (SSSR count). The highest BCUT2D eigenvalue weighted by atomic mass is 16.3. The Labute approximate surface area is 91.6 Å². The summed E-state index contributed by atoms with van der Waals surface area (Å²) in [6.07, 6.45) is 1.92. The monoisotopic (exact) mass is 214 g/mol. The molecule has 4 nitrogen and oxygen atoms in total. The molecule has 88 valence electrons. The van der Waals surface area contributed by atoms with Crippen molar-refractivity contribution in [3.8, 4) is 0 Å².